The first-order valence-corrected chi connectivity index (χ1v) is 30.1. The predicted octanol–water partition coefficient (Wildman–Crippen LogP) is 7.32. The van der Waals surface area contributed by atoms with Crippen LogP contribution < -0.4 is 20.9 Å². The number of aromatic hydroxyl groups is 1. The number of nitrogens with two attached hydrogens (primary N) is 1. The number of benzene rings is 2. The standard InChI is InChI=1S/C36H50N6O4S.C24H34N6O2/c1-23(2)33(31-20-32(39-46-31)41-18-11-26(12-19-41)21-40-16-13-29(43)14-17-40)36(45)42-15-5-6-30(42)35(44)38-24(3)27-7-9-28(10-8-27)34-25(4)37-22-47-34;25-23-21(16-20(26-27-23)19-6-1-2-7-22(19)31)30-10-8-24(32,9-11-30)17-28-12-14-29(15-13-28)18-4-3-5-18/h7-10,20,22-24,26,29-30,33,43H,5-6,11-19,21H2,1-4H3,(H,38,44);1-2,6-7,16,18,31-32H,3-5,8-15,17H2,(H2,25,27). The van der Waals surface area contributed by atoms with Crippen LogP contribution in [0.4, 0.5) is 17.3 Å². The molecule has 3 atom stereocenters. The lowest BCUT2D eigenvalue weighted by Gasteiger charge is -2.46. The van der Waals surface area contributed by atoms with Crippen LogP contribution in [0.3, 0.4) is 0 Å². The summed E-state index contributed by atoms with van der Waals surface area (Å²) < 4.78 is 5.87. The van der Waals surface area contributed by atoms with Crippen LogP contribution >= 0.6 is 11.3 Å². The molecule has 1 saturated carbocycles. The van der Waals surface area contributed by atoms with E-state index in [-0.39, 0.29) is 35.6 Å². The first-order valence-electron chi connectivity index (χ1n) is 29.3. The number of phenolic OH excluding ortho intramolecular Hbond substituents is 1. The Morgan fingerprint density at radius 1 is 0.823 bits per heavy atom. The molecule has 2 aromatic carbocycles. The van der Waals surface area contributed by atoms with Crippen molar-refractivity contribution >= 4 is 40.5 Å². The van der Waals surface area contributed by atoms with Crippen molar-refractivity contribution in [1.29, 1.82) is 0 Å². The topological polar surface area (TPSA) is 217 Å². The van der Waals surface area contributed by atoms with E-state index in [1.165, 1.54) is 19.3 Å². The highest BCUT2D eigenvalue weighted by Crippen LogP contribution is 2.37. The molecular formula is C60H84N12O6S. The van der Waals surface area contributed by atoms with E-state index in [4.69, 9.17) is 10.3 Å². The Hall–Kier alpha value is -5.70. The number of piperidine rings is 3. The Balaban J connectivity index is 0.000000191. The molecule has 6 N–H and O–H groups in total. The number of hydrogen-bond donors (Lipinski definition) is 5. The van der Waals surface area contributed by atoms with Gasteiger partial charge in [-0.05, 0) is 119 Å². The lowest BCUT2D eigenvalue weighted by molar-refractivity contribution is -0.141. The summed E-state index contributed by atoms with van der Waals surface area (Å²) in [6.07, 6.45) is 10.7. The monoisotopic (exact) mass is 1100 g/mol. The molecule has 5 aromatic rings. The van der Waals surface area contributed by atoms with Crippen LogP contribution in [0.5, 0.6) is 5.75 Å². The summed E-state index contributed by atoms with van der Waals surface area (Å²) in [7, 11) is 0. The van der Waals surface area contributed by atoms with E-state index < -0.39 is 17.6 Å². The zero-order valence-corrected chi connectivity index (χ0v) is 47.7. The summed E-state index contributed by atoms with van der Waals surface area (Å²) in [5.41, 5.74) is 12.5. The van der Waals surface area contributed by atoms with Crippen LogP contribution in [0, 0.1) is 18.8 Å². The molecule has 1 aliphatic carbocycles. The number of carbonyl (C=O) groups is 2. The molecule has 426 valence electrons. The highest BCUT2D eigenvalue weighted by Gasteiger charge is 2.41. The summed E-state index contributed by atoms with van der Waals surface area (Å²) in [5.74, 6) is 1.86. The number of nitrogens with one attached hydrogen (secondary N) is 1. The normalized spacial score (nSPS) is 21.9. The molecular weight excluding hydrogens is 1020 g/mol. The van der Waals surface area contributed by atoms with E-state index >= 15 is 0 Å². The number of anilines is 3. The maximum atomic E-state index is 14.1. The maximum Gasteiger partial charge on any atom is 0.243 e. The number of amides is 2. The molecule has 3 aromatic heterocycles. The molecule has 3 unspecified atom stereocenters. The summed E-state index contributed by atoms with van der Waals surface area (Å²) in [4.78, 5) is 46.9. The smallest absolute Gasteiger partial charge is 0.243 e. The number of aliphatic hydroxyl groups excluding tert-OH is 1. The van der Waals surface area contributed by atoms with Gasteiger partial charge in [0.25, 0.3) is 0 Å². The summed E-state index contributed by atoms with van der Waals surface area (Å²) >= 11 is 1.62. The minimum absolute atomic E-state index is 0.0129. The Morgan fingerprint density at radius 3 is 2.20 bits per heavy atom. The molecule has 19 heteroatoms. The van der Waals surface area contributed by atoms with Gasteiger partial charge in [0.15, 0.2) is 17.4 Å². The van der Waals surface area contributed by atoms with Crippen LogP contribution in [0.25, 0.3) is 21.7 Å². The zero-order chi connectivity index (χ0) is 55.2. The van der Waals surface area contributed by atoms with Crippen molar-refractivity contribution in [3.05, 3.63) is 83.2 Å². The number of nitrogen functional groups attached to an aromatic ring is 1. The molecule has 6 fully saturated rings. The number of β-amino-alcohol motifs (C(OH)–C–C–N with tert-alkyl or cyclic N) is 1. The SMILES string of the molecule is Cc1ncsc1-c1ccc(C(C)NC(=O)C2CCCN2C(=O)C(c2cc(N3CCC(CN4CCC(O)CC4)CC3)no2)C(C)C)cc1.Nc1nnc(-c2ccccc2O)cc1N1CCC(O)(CN2CCN(C3CCC3)CC2)CC1. The molecule has 6 aliphatic rings. The third-order valence-electron chi connectivity index (χ3n) is 17.9. The number of phenols is 1. The maximum absolute atomic E-state index is 14.1. The Labute approximate surface area is 470 Å². The van der Waals surface area contributed by atoms with Gasteiger partial charge in [-0.25, -0.2) is 4.98 Å². The van der Waals surface area contributed by atoms with Crippen LogP contribution in [-0.2, 0) is 9.59 Å². The van der Waals surface area contributed by atoms with Crippen LogP contribution in [0.2, 0.25) is 0 Å². The van der Waals surface area contributed by atoms with Crippen molar-refractivity contribution in [3.8, 4) is 27.4 Å². The van der Waals surface area contributed by atoms with Gasteiger partial charge in [-0.3, -0.25) is 19.4 Å². The van der Waals surface area contributed by atoms with E-state index in [1.807, 2.05) is 57.5 Å². The average molecular weight is 1100 g/mol. The number of hydrogen-bond acceptors (Lipinski definition) is 17. The largest absolute Gasteiger partial charge is 0.507 e. The fraction of sp³-hybridized carbons (Fsp3) is 0.600. The lowest BCUT2D eigenvalue weighted by Crippen LogP contribution is -2.57. The number of aliphatic hydroxyl groups is 2. The Bertz CT molecular complexity index is 2790. The highest BCUT2D eigenvalue weighted by molar-refractivity contribution is 7.13. The molecule has 2 amide bonds. The molecule has 5 saturated heterocycles. The third kappa shape index (κ3) is 13.6. The number of carbonyl (C=O) groups excluding carboxylic acids is 2. The van der Waals surface area contributed by atoms with E-state index in [1.54, 1.807) is 28.4 Å². The van der Waals surface area contributed by atoms with Gasteiger partial charge in [0, 0.05) is 103 Å². The van der Waals surface area contributed by atoms with Gasteiger partial charge in [-0.2, -0.15) is 0 Å². The number of likely N-dealkylation sites (tertiary alicyclic amines) is 2. The summed E-state index contributed by atoms with van der Waals surface area (Å²) in [6, 6.07) is 19.3. The van der Waals surface area contributed by atoms with Gasteiger partial charge in [0.1, 0.15) is 17.7 Å². The number of nitrogens with zero attached hydrogens (tertiary/aromatic N) is 10. The number of piperazine rings is 1. The van der Waals surface area contributed by atoms with E-state index in [2.05, 4.69) is 74.4 Å². The number of thiazole rings is 1. The second-order valence-corrected chi connectivity index (χ2v) is 24.6. The average Bonchev–Trinajstić information content (AvgIpc) is 4.29. The minimum Gasteiger partial charge on any atom is -0.507 e. The number of aromatic nitrogens is 4. The quantitative estimate of drug-likeness (QED) is 0.0694. The van der Waals surface area contributed by atoms with Crippen molar-refractivity contribution in [2.45, 2.75) is 134 Å². The Kier molecular flexibility index (Phi) is 18.2. The van der Waals surface area contributed by atoms with Crippen molar-refractivity contribution in [2.75, 3.05) is 101 Å². The van der Waals surface area contributed by atoms with Crippen LogP contribution in [0.15, 0.2) is 70.7 Å². The third-order valence-corrected chi connectivity index (χ3v) is 18.9. The van der Waals surface area contributed by atoms with Crippen molar-refractivity contribution < 1.29 is 29.4 Å². The van der Waals surface area contributed by atoms with Crippen LogP contribution in [0.1, 0.15) is 120 Å². The Morgan fingerprint density at radius 2 is 1.54 bits per heavy atom. The fourth-order valence-corrected chi connectivity index (χ4v) is 13.6. The van der Waals surface area contributed by atoms with Gasteiger partial charge in [0.2, 0.25) is 11.8 Å². The summed E-state index contributed by atoms with van der Waals surface area (Å²) in [6.45, 7) is 20.0. The first-order chi connectivity index (χ1) is 38.2. The van der Waals surface area contributed by atoms with Gasteiger partial charge in [-0.15, -0.1) is 21.5 Å². The van der Waals surface area contributed by atoms with Gasteiger partial charge in [0.05, 0.1) is 45.2 Å². The highest BCUT2D eigenvalue weighted by atomic mass is 32.1. The van der Waals surface area contributed by atoms with Gasteiger partial charge >= 0.3 is 0 Å². The zero-order valence-electron chi connectivity index (χ0n) is 46.9. The molecule has 0 spiro atoms. The molecule has 18 nitrogen and oxygen atoms in total. The molecule has 5 aliphatic heterocycles. The first kappa shape index (κ1) is 56.6. The van der Waals surface area contributed by atoms with E-state index in [9.17, 15) is 24.9 Å². The molecule has 0 radical (unpaired) electrons. The van der Waals surface area contributed by atoms with Gasteiger partial charge < -0.3 is 50.5 Å². The molecule has 0 bridgehead atoms. The summed E-state index contributed by atoms with van der Waals surface area (Å²) in [5, 5.41) is 47.2. The lowest BCUT2D eigenvalue weighted by atomic mass is 9.89. The molecule has 79 heavy (non-hydrogen) atoms. The second-order valence-electron chi connectivity index (χ2n) is 23.7. The number of para-hydroxylation sites is 1. The predicted molar refractivity (Wildman–Crippen MR) is 310 cm³/mol. The van der Waals surface area contributed by atoms with E-state index in [0.29, 0.717) is 67.7 Å². The van der Waals surface area contributed by atoms with Gasteiger partial charge in [-0.1, -0.05) is 61.8 Å². The second kappa shape index (κ2) is 25.4. The van der Waals surface area contributed by atoms with Crippen LogP contribution in [-0.4, -0.2) is 176 Å². The fourth-order valence-electron chi connectivity index (χ4n) is 12.7. The van der Waals surface area contributed by atoms with Crippen molar-refractivity contribution in [1.82, 2.24) is 45.3 Å². The number of aryl methyl sites for hydroxylation is 1. The minimum atomic E-state index is -0.662. The van der Waals surface area contributed by atoms with Crippen molar-refractivity contribution in [2.24, 2.45) is 11.8 Å². The number of rotatable bonds is 15. The molecule has 11 rings (SSSR count). The van der Waals surface area contributed by atoms with Crippen molar-refractivity contribution in [3.63, 3.8) is 0 Å². The van der Waals surface area contributed by atoms with E-state index in [0.717, 1.165) is 137 Å². The molecule has 8 heterocycles.